The Morgan fingerprint density at radius 1 is 1.16 bits per heavy atom. The van der Waals surface area contributed by atoms with Crippen molar-refractivity contribution in [1.82, 2.24) is 14.1 Å². The zero-order valence-corrected chi connectivity index (χ0v) is 19.7. The lowest BCUT2D eigenvalue weighted by molar-refractivity contribution is 0.0517. The zero-order chi connectivity index (χ0) is 23.0. The Labute approximate surface area is 192 Å². The first-order valence-electron chi connectivity index (χ1n) is 10.3. The average Bonchev–Trinajstić information content (AvgIpc) is 3.15. The fraction of sp³-hybridized carbons (Fsp3) is 0.304. The van der Waals surface area contributed by atoms with Crippen molar-refractivity contribution in [2.75, 3.05) is 13.2 Å². The highest BCUT2D eigenvalue weighted by atomic mass is 35.5. The molecule has 1 aromatic heterocycles. The fourth-order valence-corrected chi connectivity index (χ4v) is 5.73. The third-order valence-corrected chi connectivity index (χ3v) is 7.76. The minimum atomic E-state index is -3.75. The van der Waals surface area contributed by atoms with E-state index in [2.05, 4.69) is 5.10 Å². The van der Waals surface area contributed by atoms with Gasteiger partial charge < -0.3 is 4.74 Å². The van der Waals surface area contributed by atoms with E-state index in [4.69, 9.17) is 16.3 Å². The lowest BCUT2D eigenvalue weighted by atomic mass is 10.1. The summed E-state index contributed by atoms with van der Waals surface area (Å²) in [4.78, 5) is 12.9. The quantitative estimate of drug-likeness (QED) is 0.522. The Morgan fingerprint density at radius 2 is 1.88 bits per heavy atom. The number of carbonyl (C=O) groups is 1. The van der Waals surface area contributed by atoms with Gasteiger partial charge in [0.2, 0.25) is 10.0 Å². The van der Waals surface area contributed by atoms with Crippen molar-refractivity contribution in [2.45, 2.75) is 38.6 Å². The highest BCUT2D eigenvalue weighted by Crippen LogP contribution is 2.31. The predicted molar refractivity (Wildman–Crippen MR) is 122 cm³/mol. The smallest absolute Gasteiger partial charge is 0.359 e. The third-order valence-electron chi connectivity index (χ3n) is 5.52. The van der Waals surface area contributed by atoms with Gasteiger partial charge >= 0.3 is 5.97 Å². The summed E-state index contributed by atoms with van der Waals surface area (Å²) < 4.78 is 35.2. The van der Waals surface area contributed by atoms with E-state index in [1.165, 1.54) is 4.31 Å². The van der Waals surface area contributed by atoms with Crippen LogP contribution in [0.3, 0.4) is 0 Å². The van der Waals surface area contributed by atoms with Crippen LogP contribution in [0.1, 0.15) is 39.8 Å². The summed E-state index contributed by atoms with van der Waals surface area (Å²) in [7, 11) is -3.75. The highest BCUT2D eigenvalue weighted by molar-refractivity contribution is 7.89. The van der Waals surface area contributed by atoms with Crippen LogP contribution in [0.2, 0.25) is 5.02 Å². The number of fused-ring (bicyclic) bond motifs is 1. The van der Waals surface area contributed by atoms with Crippen molar-refractivity contribution in [1.29, 1.82) is 0 Å². The minimum Gasteiger partial charge on any atom is -0.461 e. The number of rotatable bonds is 5. The van der Waals surface area contributed by atoms with Crippen LogP contribution in [-0.2, 0) is 27.7 Å². The molecule has 9 heteroatoms. The number of esters is 1. The Bertz CT molecular complexity index is 1280. The molecule has 2 aromatic carbocycles. The summed E-state index contributed by atoms with van der Waals surface area (Å²) >= 11 is 6.01. The van der Waals surface area contributed by atoms with E-state index in [0.29, 0.717) is 22.6 Å². The Morgan fingerprint density at radius 3 is 2.56 bits per heavy atom. The number of sulfonamides is 1. The third kappa shape index (κ3) is 4.05. The molecule has 0 N–H and O–H groups in total. The first-order chi connectivity index (χ1) is 15.2. The number of benzene rings is 2. The number of ether oxygens (including phenoxy) is 1. The van der Waals surface area contributed by atoms with E-state index in [9.17, 15) is 13.2 Å². The van der Waals surface area contributed by atoms with Gasteiger partial charge in [-0.3, -0.25) is 0 Å². The van der Waals surface area contributed by atoms with Gasteiger partial charge in [0.1, 0.15) is 0 Å². The molecule has 32 heavy (non-hydrogen) atoms. The second kappa shape index (κ2) is 8.69. The molecule has 0 aliphatic carbocycles. The Hall–Kier alpha value is -2.68. The SMILES string of the molecule is CCOC(=O)c1nn(-c2ccc(Cl)cc2)c2c1CN(S(=O)(=O)c1cc(C)ccc1C)CC2. The lowest BCUT2D eigenvalue weighted by Crippen LogP contribution is -2.37. The molecular weight excluding hydrogens is 450 g/mol. The van der Waals surface area contributed by atoms with Crippen molar-refractivity contribution in [3.8, 4) is 5.69 Å². The largest absolute Gasteiger partial charge is 0.461 e. The van der Waals surface area contributed by atoms with Gasteiger partial charge in [-0.05, 0) is 62.2 Å². The van der Waals surface area contributed by atoms with Gasteiger partial charge in [0, 0.05) is 30.1 Å². The van der Waals surface area contributed by atoms with E-state index < -0.39 is 16.0 Å². The number of aromatic nitrogens is 2. The second-order valence-electron chi connectivity index (χ2n) is 7.74. The number of carbonyl (C=O) groups excluding carboxylic acids is 1. The van der Waals surface area contributed by atoms with Crippen molar-refractivity contribution in [2.24, 2.45) is 0 Å². The van der Waals surface area contributed by atoms with Crippen LogP contribution >= 0.6 is 11.6 Å². The molecule has 0 unspecified atom stereocenters. The summed E-state index contributed by atoms with van der Waals surface area (Å²) in [5.74, 6) is -0.567. The van der Waals surface area contributed by atoms with Gasteiger partial charge in [-0.15, -0.1) is 0 Å². The van der Waals surface area contributed by atoms with E-state index in [1.807, 2.05) is 25.1 Å². The molecule has 0 saturated carbocycles. The van der Waals surface area contributed by atoms with Crippen molar-refractivity contribution in [3.05, 3.63) is 75.6 Å². The maximum absolute atomic E-state index is 13.5. The molecule has 1 aliphatic rings. The fourth-order valence-electron chi connectivity index (χ4n) is 3.88. The normalized spacial score (nSPS) is 14.2. The van der Waals surface area contributed by atoms with Gasteiger partial charge in [0.05, 0.1) is 22.9 Å². The molecule has 0 atom stereocenters. The summed E-state index contributed by atoms with van der Waals surface area (Å²) in [6.07, 6.45) is 0.411. The molecule has 0 bridgehead atoms. The van der Waals surface area contributed by atoms with Crippen molar-refractivity contribution in [3.63, 3.8) is 0 Å². The summed E-state index contributed by atoms with van der Waals surface area (Å²) in [5, 5.41) is 5.10. The van der Waals surface area contributed by atoms with Gasteiger partial charge in [-0.2, -0.15) is 9.40 Å². The number of hydrogen-bond donors (Lipinski definition) is 0. The van der Waals surface area contributed by atoms with Crippen molar-refractivity contribution < 1.29 is 17.9 Å². The van der Waals surface area contributed by atoms with Crippen LogP contribution in [0.4, 0.5) is 0 Å². The number of halogens is 1. The van der Waals surface area contributed by atoms with Crippen LogP contribution in [0, 0.1) is 13.8 Å². The molecule has 168 valence electrons. The Kier molecular flexibility index (Phi) is 6.11. The number of hydrogen-bond acceptors (Lipinski definition) is 5. The molecule has 0 spiro atoms. The van der Waals surface area contributed by atoms with Gasteiger partial charge in [0.25, 0.3) is 0 Å². The molecule has 4 rings (SSSR count). The highest BCUT2D eigenvalue weighted by Gasteiger charge is 2.35. The van der Waals surface area contributed by atoms with E-state index in [1.54, 1.807) is 42.8 Å². The molecule has 1 aliphatic heterocycles. The van der Waals surface area contributed by atoms with E-state index in [0.717, 1.165) is 16.9 Å². The van der Waals surface area contributed by atoms with Gasteiger partial charge in [0.15, 0.2) is 5.69 Å². The molecule has 3 aromatic rings. The molecular formula is C23H24ClN3O4S. The predicted octanol–water partition coefficient (Wildman–Crippen LogP) is 4.07. The van der Waals surface area contributed by atoms with Crippen LogP contribution in [-0.4, -0.2) is 41.6 Å². The first kappa shape index (κ1) is 22.5. The molecule has 0 amide bonds. The van der Waals surface area contributed by atoms with Crippen LogP contribution < -0.4 is 0 Å². The zero-order valence-electron chi connectivity index (χ0n) is 18.1. The van der Waals surface area contributed by atoms with E-state index >= 15 is 0 Å². The number of aryl methyl sites for hydroxylation is 2. The summed E-state index contributed by atoms with van der Waals surface area (Å²) in [6, 6.07) is 12.5. The van der Waals surface area contributed by atoms with Crippen LogP contribution in [0.25, 0.3) is 5.69 Å². The summed E-state index contributed by atoms with van der Waals surface area (Å²) in [6.45, 7) is 5.90. The molecule has 0 radical (unpaired) electrons. The number of nitrogens with zero attached hydrogens (tertiary/aromatic N) is 3. The van der Waals surface area contributed by atoms with Gasteiger partial charge in [-0.25, -0.2) is 17.9 Å². The standard InChI is InChI=1S/C23H24ClN3O4S/c1-4-31-23(28)22-19-14-26(32(29,30)21-13-15(2)5-6-16(21)3)12-11-20(19)27(25-22)18-9-7-17(24)8-10-18/h5-10,13H,4,11-12,14H2,1-3H3. The molecule has 0 fully saturated rings. The first-order valence-corrected chi connectivity index (χ1v) is 12.2. The monoisotopic (exact) mass is 473 g/mol. The lowest BCUT2D eigenvalue weighted by Gasteiger charge is -2.27. The summed E-state index contributed by atoms with van der Waals surface area (Å²) in [5.41, 5.74) is 3.80. The maximum Gasteiger partial charge on any atom is 0.359 e. The van der Waals surface area contributed by atoms with Gasteiger partial charge in [-0.1, -0.05) is 23.7 Å². The molecule has 7 nitrogen and oxygen atoms in total. The Balaban J connectivity index is 1.78. The van der Waals surface area contributed by atoms with Crippen LogP contribution in [0.5, 0.6) is 0 Å². The minimum absolute atomic E-state index is 0.0484. The maximum atomic E-state index is 13.5. The van der Waals surface area contributed by atoms with Crippen LogP contribution in [0.15, 0.2) is 47.4 Å². The average molecular weight is 474 g/mol. The topological polar surface area (TPSA) is 81.5 Å². The second-order valence-corrected chi connectivity index (χ2v) is 10.1. The molecule has 0 saturated heterocycles. The van der Waals surface area contributed by atoms with Crippen molar-refractivity contribution >= 4 is 27.6 Å². The van der Waals surface area contributed by atoms with E-state index in [-0.39, 0.29) is 30.3 Å². The molecule has 2 heterocycles.